The van der Waals surface area contributed by atoms with Crippen molar-refractivity contribution in [3.8, 4) is 0 Å². The van der Waals surface area contributed by atoms with Crippen LogP contribution in [0.25, 0.3) is 0 Å². The fourth-order valence-electron chi connectivity index (χ4n) is 1.92. The second-order valence-electron chi connectivity index (χ2n) is 4.70. The molecule has 2 aromatic rings. The molecule has 0 amide bonds. The number of rotatable bonds is 5. The molecule has 0 aromatic heterocycles. The van der Waals surface area contributed by atoms with Gasteiger partial charge in [0.05, 0.1) is 10.6 Å². The number of sulfonamides is 1. The number of benzene rings is 2. The molecule has 0 bridgehead atoms. The fourth-order valence-corrected chi connectivity index (χ4v) is 3.39. The van der Waals surface area contributed by atoms with Crippen LogP contribution in [0, 0.1) is 6.92 Å². The Morgan fingerprint density at radius 3 is 2.48 bits per heavy atom. The molecule has 4 nitrogen and oxygen atoms in total. The summed E-state index contributed by atoms with van der Waals surface area (Å²) in [5, 5.41) is 3.41. The van der Waals surface area contributed by atoms with Crippen molar-refractivity contribution < 1.29 is 8.42 Å². The summed E-state index contributed by atoms with van der Waals surface area (Å²) >= 11 is 6.12. The van der Waals surface area contributed by atoms with Gasteiger partial charge in [-0.3, -0.25) is 4.72 Å². The number of aryl methyl sites for hydroxylation is 1. The van der Waals surface area contributed by atoms with Crippen LogP contribution in [0.15, 0.2) is 47.4 Å². The Morgan fingerprint density at radius 1 is 1.14 bits per heavy atom. The summed E-state index contributed by atoms with van der Waals surface area (Å²) in [6, 6.07) is 12.0. The third-order valence-electron chi connectivity index (χ3n) is 3.09. The quantitative estimate of drug-likeness (QED) is 0.888. The summed E-state index contributed by atoms with van der Waals surface area (Å²) in [5.74, 6) is 0. The van der Waals surface area contributed by atoms with Crippen molar-refractivity contribution in [2.45, 2.75) is 18.4 Å². The van der Waals surface area contributed by atoms with Gasteiger partial charge in [-0.15, -0.1) is 0 Å². The molecule has 0 fully saturated rings. The lowest BCUT2D eigenvalue weighted by molar-refractivity contribution is 0.601. The Labute approximate surface area is 130 Å². The molecule has 0 aliphatic heterocycles. The molecule has 2 N–H and O–H groups in total. The largest absolute Gasteiger partial charge is 0.316 e. The predicted octanol–water partition coefficient (Wildman–Crippen LogP) is 3.17. The van der Waals surface area contributed by atoms with Crippen LogP contribution in [0.2, 0.25) is 5.02 Å². The number of hydrogen-bond acceptors (Lipinski definition) is 3. The highest BCUT2D eigenvalue weighted by Crippen LogP contribution is 2.24. The first-order chi connectivity index (χ1) is 9.94. The number of para-hydroxylation sites is 1. The molecule has 0 aliphatic rings. The second kappa shape index (κ2) is 6.47. The van der Waals surface area contributed by atoms with Gasteiger partial charge in [0, 0.05) is 11.6 Å². The lowest BCUT2D eigenvalue weighted by atomic mass is 10.2. The third kappa shape index (κ3) is 3.75. The van der Waals surface area contributed by atoms with Crippen LogP contribution in [-0.2, 0) is 16.6 Å². The summed E-state index contributed by atoms with van der Waals surface area (Å²) in [6.07, 6.45) is 0. The van der Waals surface area contributed by atoms with Crippen LogP contribution in [0.3, 0.4) is 0 Å². The second-order valence-corrected chi connectivity index (χ2v) is 6.79. The first kappa shape index (κ1) is 15.8. The van der Waals surface area contributed by atoms with Crippen LogP contribution in [0.1, 0.15) is 11.1 Å². The van der Waals surface area contributed by atoms with E-state index in [0.717, 1.165) is 11.1 Å². The Bertz CT molecular complexity index is 745. The minimum Gasteiger partial charge on any atom is -0.316 e. The molecule has 0 aliphatic carbocycles. The highest BCUT2D eigenvalue weighted by atomic mass is 35.5. The van der Waals surface area contributed by atoms with Gasteiger partial charge in [0.1, 0.15) is 0 Å². The van der Waals surface area contributed by atoms with Gasteiger partial charge in [-0.05, 0) is 43.3 Å². The molecule has 0 radical (unpaired) electrons. The fraction of sp³-hybridized carbons (Fsp3) is 0.200. The number of halogens is 1. The molecule has 0 unspecified atom stereocenters. The predicted molar refractivity (Wildman–Crippen MR) is 86.2 cm³/mol. The zero-order valence-corrected chi connectivity index (χ0v) is 13.4. The van der Waals surface area contributed by atoms with Crippen LogP contribution in [0.5, 0.6) is 0 Å². The van der Waals surface area contributed by atoms with Gasteiger partial charge < -0.3 is 5.32 Å². The molecule has 2 rings (SSSR count). The van der Waals surface area contributed by atoms with Crippen LogP contribution in [-0.4, -0.2) is 15.5 Å². The molecule has 21 heavy (non-hydrogen) atoms. The highest BCUT2D eigenvalue weighted by Gasteiger charge is 2.16. The summed E-state index contributed by atoms with van der Waals surface area (Å²) in [6.45, 7) is 2.44. The van der Waals surface area contributed by atoms with E-state index in [-0.39, 0.29) is 4.90 Å². The van der Waals surface area contributed by atoms with Gasteiger partial charge in [-0.1, -0.05) is 35.9 Å². The average molecular weight is 325 g/mol. The van der Waals surface area contributed by atoms with E-state index in [0.29, 0.717) is 17.3 Å². The number of anilines is 1. The van der Waals surface area contributed by atoms with Crippen molar-refractivity contribution >= 4 is 27.3 Å². The van der Waals surface area contributed by atoms with Crippen molar-refractivity contribution in [2.75, 3.05) is 11.8 Å². The average Bonchev–Trinajstić information content (AvgIpc) is 2.43. The SMILES string of the molecule is CNCc1ccc(S(=O)(=O)Nc2ccccc2C)cc1Cl. The van der Waals surface area contributed by atoms with Crippen molar-refractivity contribution in [2.24, 2.45) is 0 Å². The maximum Gasteiger partial charge on any atom is 0.261 e. The first-order valence-corrected chi connectivity index (χ1v) is 8.31. The van der Waals surface area contributed by atoms with Gasteiger partial charge in [0.25, 0.3) is 10.0 Å². The lowest BCUT2D eigenvalue weighted by Gasteiger charge is -2.11. The Kier molecular flexibility index (Phi) is 4.88. The zero-order chi connectivity index (χ0) is 15.5. The van der Waals surface area contributed by atoms with Crippen LogP contribution < -0.4 is 10.0 Å². The van der Waals surface area contributed by atoms with Gasteiger partial charge >= 0.3 is 0 Å². The molecule has 0 atom stereocenters. The number of nitrogens with one attached hydrogen (secondary N) is 2. The summed E-state index contributed by atoms with van der Waals surface area (Å²) in [4.78, 5) is 0.149. The molecule has 0 heterocycles. The first-order valence-electron chi connectivity index (χ1n) is 6.45. The molecule has 2 aromatic carbocycles. The molecule has 0 saturated carbocycles. The van der Waals surface area contributed by atoms with E-state index in [9.17, 15) is 8.42 Å². The maximum absolute atomic E-state index is 12.4. The molecule has 6 heteroatoms. The molecule has 0 spiro atoms. The van der Waals surface area contributed by atoms with Crippen LogP contribution in [0.4, 0.5) is 5.69 Å². The summed E-state index contributed by atoms with van der Waals surface area (Å²) in [7, 11) is -1.84. The summed E-state index contributed by atoms with van der Waals surface area (Å²) in [5.41, 5.74) is 2.28. The molecule has 0 saturated heterocycles. The van der Waals surface area contributed by atoms with Gasteiger partial charge in [0.15, 0.2) is 0 Å². The summed E-state index contributed by atoms with van der Waals surface area (Å²) < 4.78 is 27.4. The van der Waals surface area contributed by atoms with E-state index in [4.69, 9.17) is 11.6 Å². The van der Waals surface area contributed by atoms with Gasteiger partial charge in [-0.25, -0.2) is 8.42 Å². The molecular weight excluding hydrogens is 308 g/mol. The monoisotopic (exact) mass is 324 g/mol. The van der Waals surface area contributed by atoms with E-state index in [2.05, 4.69) is 10.0 Å². The van der Waals surface area contributed by atoms with E-state index < -0.39 is 10.0 Å². The Balaban J connectivity index is 2.32. The van der Waals surface area contributed by atoms with E-state index in [1.54, 1.807) is 31.3 Å². The molecular formula is C15H17ClN2O2S. The Hall–Kier alpha value is -1.56. The standard InChI is InChI=1S/C15H17ClN2O2S/c1-11-5-3-4-6-15(11)18-21(19,20)13-8-7-12(10-17-2)14(16)9-13/h3-9,17-18H,10H2,1-2H3. The topological polar surface area (TPSA) is 58.2 Å². The van der Waals surface area contributed by atoms with Crippen LogP contribution >= 0.6 is 11.6 Å². The van der Waals surface area contributed by atoms with Crippen molar-refractivity contribution in [1.29, 1.82) is 0 Å². The van der Waals surface area contributed by atoms with E-state index in [1.807, 2.05) is 19.1 Å². The molecule has 112 valence electrons. The van der Waals surface area contributed by atoms with Gasteiger partial charge in [0.2, 0.25) is 0 Å². The van der Waals surface area contributed by atoms with Crippen molar-refractivity contribution in [3.63, 3.8) is 0 Å². The number of hydrogen-bond donors (Lipinski definition) is 2. The third-order valence-corrected chi connectivity index (χ3v) is 4.81. The minimum absolute atomic E-state index is 0.149. The highest BCUT2D eigenvalue weighted by molar-refractivity contribution is 7.92. The van der Waals surface area contributed by atoms with Crippen molar-refractivity contribution in [1.82, 2.24) is 5.32 Å². The van der Waals surface area contributed by atoms with E-state index >= 15 is 0 Å². The lowest BCUT2D eigenvalue weighted by Crippen LogP contribution is -2.14. The zero-order valence-electron chi connectivity index (χ0n) is 11.9. The van der Waals surface area contributed by atoms with E-state index in [1.165, 1.54) is 6.07 Å². The van der Waals surface area contributed by atoms with Crippen molar-refractivity contribution in [3.05, 3.63) is 58.6 Å². The Morgan fingerprint density at radius 2 is 1.86 bits per heavy atom. The van der Waals surface area contributed by atoms with Gasteiger partial charge in [-0.2, -0.15) is 0 Å². The normalized spacial score (nSPS) is 11.4. The smallest absolute Gasteiger partial charge is 0.261 e. The minimum atomic E-state index is -3.64. The maximum atomic E-state index is 12.4.